The lowest BCUT2D eigenvalue weighted by atomic mass is 10.1. The van der Waals surface area contributed by atoms with Crippen LogP contribution in [0.1, 0.15) is 30.9 Å². The van der Waals surface area contributed by atoms with Crippen LogP contribution in [0.5, 0.6) is 5.75 Å². The summed E-state index contributed by atoms with van der Waals surface area (Å²) in [5.41, 5.74) is 1.23. The Morgan fingerprint density at radius 3 is 2.71 bits per heavy atom. The van der Waals surface area contributed by atoms with Gasteiger partial charge in [0.25, 0.3) is 0 Å². The Labute approximate surface area is 127 Å². The van der Waals surface area contributed by atoms with E-state index in [-0.39, 0.29) is 6.10 Å². The topological polar surface area (TPSA) is 33.7 Å². The molecular formula is C17H26N2O2. The van der Waals surface area contributed by atoms with E-state index >= 15 is 0 Å². The number of nitrogens with one attached hydrogen (secondary N) is 1. The second kappa shape index (κ2) is 7.78. The fourth-order valence-electron chi connectivity index (χ4n) is 3.04. The van der Waals surface area contributed by atoms with E-state index in [2.05, 4.69) is 34.5 Å². The Morgan fingerprint density at radius 2 is 2.00 bits per heavy atom. The van der Waals surface area contributed by atoms with Crippen LogP contribution in [-0.2, 0) is 4.74 Å². The van der Waals surface area contributed by atoms with Gasteiger partial charge in [0, 0.05) is 19.6 Å². The van der Waals surface area contributed by atoms with Crippen molar-refractivity contribution in [3.63, 3.8) is 0 Å². The molecule has 0 aromatic heterocycles. The van der Waals surface area contributed by atoms with Crippen molar-refractivity contribution in [2.75, 3.05) is 45.9 Å². The van der Waals surface area contributed by atoms with Crippen molar-refractivity contribution in [1.29, 1.82) is 0 Å². The van der Waals surface area contributed by atoms with Gasteiger partial charge in [-0.05, 0) is 50.0 Å². The lowest BCUT2D eigenvalue weighted by molar-refractivity contribution is 0.0277. The van der Waals surface area contributed by atoms with Crippen LogP contribution in [-0.4, -0.2) is 50.8 Å². The number of nitrogens with zero attached hydrogens (tertiary/aromatic N) is 1. The molecule has 116 valence electrons. The Bertz CT molecular complexity index is 409. The van der Waals surface area contributed by atoms with Crippen molar-refractivity contribution in [2.45, 2.75) is 25.4 Å². The van der Waals surface area contributed by atoms with Crippen LogP contribution in [0.4, 0.5) is 0 Å². The predicted molar refractivity (Wildman–Crippen MR) is 83.8 cm³/mol. The van der Waals surface area contributed by atoms with Crippen LogP contribution in [0.2, 0.25) is 0 Å². The van der Waals surface area contributed by atoms with E-state index in [1.807, 2.05) is 0 Å². The number of hydrogen-bond acceptors (Lipinski definition) is 4. The van der Waals surface area contributed by atoms with Crippen molar-refractivity contribution in [1.82, 2.24) is 10.2 Å². The molecule has 4 nitrogen and oxygen atoms in total. The average molecular weight is 290 g/mol. The summed E-state index contributed by atoms with van der Waals surface area (Å²) in [4.78, 5) is 2.53. The van der Waals surface area contributed by atoms with Gasteiger partial charge >= 0.3 is 0 Å². The smallest absolute Gasteiger partial charge is 0.119 e. The van der Waals surface area contributed by atoms with Gasteiger partial charge in [-0.15, -0.1) is 0 Å². The van der Waals surface area contributed by atoms with E-state index in [0.717, 1.165) is 38.5 Å². The summed E-state index contributed by atoms with van der Waals surface area (Å²) in [5.74, 6) is 0.962. The lowest BCUT2D eigenvalue weighted by Crippen LogP contribution is -2.33. The van der Waals surface area contributed by atoms with E-state index < -0.39 is 0 Å². The van der Waals surface area contributed by atoms with Gasteiger partial charge in [-0.3, -0.25) is 0 Å². The van der Waals surface area contributed by atoms with Gasteiger partial charge in [0.15, 0.2) is 0 Å². The lowest BCUT2D eigenvalue weighted by Gasteiger charge is -2.24. The Balaban J connectivity index is 1.39. The zero-order chi connectivity index (χ0) is 14.3. The van der Waals surface area contributed by atoms with Crippen LogP contribution >= 0.6 is 0 Å². The van der Waals surface area contributed by atoms with Gasteiger partial charge < -0.3 is 19.7 Å². The summed E-state index contributed by atoms with van der Waals surface area (Å²) in [6.07, 6.45) is 4.01. The largest absolute Gasteiger partial charge is 0.494 e. The molecule has 21 heavy (non-hydrogen) atoms. The molecule has 2 aliphatic heterocycles. The number of ether oxygens (including phenoxy) is 2. The third-order valence-electron chi connectivity index (χ3n) is 4.27. The highest BCUT2D eigenvalue weighted by Gasteiger charge is 2.15. The first-order valence-electron chi connectivity index (χ1n) is 8.19. The van der Waals surface area contributed by atoms with Gasteiger partial charge in [-0.25, -0.2) is 0 Å². The maximum Gasteiger partial charge on any atom is 0.119 e. The molecule has 2 aliphatic rings. The SMILES string of the molecule is c1cc([C@H]2CNCCO2)ccc1OCCCN1CCCC1. The van der Waals surface area contributed by atoms with Crippen molar-refractivity contribution in [3.8, 4) is 5.75 Å². The first-order valence-corrected chi connectivity index (χ1v) is 8.19. The van der Waals surface area contributed by atoms with Gasteiger partial charge in [-0.2, -0.15) is 0 Å². The minimum Gasteiger partial charge on any atom is -0.494 e. The molecule has 2 saturated heterocycles. The van der Waals surface area contributed by atoms with Crippen molar-refractivity contribution < 1.29 is 9.47 Å². The maximum atomic E-state index is 5.83. The highest BCUT2D eigenvalue weighted by Crippen LogP contribution is 2.21. The van der Waals surface area contributed by atoms with Crippen LogP contribution in [0, 0.1) is 0 Å². The highest BCUT2D eigenvalue weighted by atomic mass is 16.5. The normalized spacial score (nSPS) is 23.3. The van der Waals surface area contributed by atoms with Crippen LogP contribution in [0.25, 0.3) is 0 Å². The zero-order valence-electron chi connectivity index (χ0n) is 12.7. The molecule has 1 N–H and O–H groups in total. The van der Waals surface area contributed by atoms with E-state index in [9.17, 15) is 0 Å². The second-order valence-electron chi connectivity index (χ2n) is 5.88. The number of morpholine rings is 1. The molecule has 0 unspecified atom stereocenters. The number of benzene rings is 1. The minimum absolute atomic E-state index is 0.183. The van der Waals surface area contributed by atoms with Crippen molar-refractivity contribution >= 4 is 0 Å². The molecule has 4 heteroatoms. The number of hydrogen-bond donors (Lipinski definition) is 1. The molecule has 0 radical (unpaired) electrons. The third-order valence-corrected chi connectivity index (χ3v) is 4.27. The van der Waals surface area contributed by atoms with E-state index in [0.29, 0.717) is 0 Å². The fourth-order valence-corrected chi connectivity index (χ4v) is 3.04. The molecule has 2 fully saturated rings. The zero-order valence-corrected chi connectivity index (χ0v) is 12.7. The molecule has 2 heterocycles. The van der Waals surface area contributed by atoms with Crippen LogP contribution < -0.4 is 10.1 Å². The van der Waals surface area contributed by atoms with Crippen molar-refractivity contribution in [3.05, 3.63) is 29.8 Å². The van der Waals surface area contributed by atoms with E-state index in [1.54, 1.807) is 0 Å². The van der Waals surface area contributed by atoms with Crippen LogP contribution in [0.15, 0.2) is 24.3 Å². The summed E-state index contributed by atoms with van der Waals surface area (Å²) in [6, 6.07) is 8.35. The fraction of sp³-hybridized carbons (Fsp3) is 0.647. The van der Waals surface area contributed by atoms with Gasteiger partial charge in [0.1, 0.15) is 5.75 Å². The predicted octanol–water partition coefficient (Wildman–Crippen LogP) is 2.21. The first-order chi connectivity index (χ1) is 10.4. The second-order valence-corrected chi connectivity index (χ2v) is 5.88. The molecular weight excluding hydrogens is 264 g/mol. The molecule has 0 saturated carbocycles. The van der Waals surface area contributed by atoms with Crippen LogP contribution in [0.3, 0.4) is 0 Å². The quantitative estimate of drug-likeness (QED) is 0.815. The monoisotopic (exact) mass is 290 g/mol. The third kappa shape index (κ3) is 4.43. The number of rotatable bonds is 6. The Hall–Kier alpha value is -1.10. The molecule has 0 amide bonds. The van der Waals surface area contributed by atoms with Crippen molar-refractivity contribution in [2.24, 2.45) is 0 Å². The molecule has 1 atom stereocenters. The molecule has 0 spiro atoms. The summed E-state index contributed by atoms with van der Waals surface area (Å²) in [7, 11) is 0. The average Bonchev–Trinajstić information content (AvgIpc) is 3.06. The van der Waals surface area contributed by atoms with E-state index in [4.69, 9.17) is 9.47 Å². The molecule has 1 aromatic carbocycles. The van der Waals surface area contributed by atoms with E-state index in [1.165, 1.54) is 38.0 Å². The van der Waals surface area contributed by atoms with Gasteiger partial charge in [0.2, 0.25) is 0 Å². The molecule has 0 aliphatic carbocycles. The standard InChI is InChI=1S/C17H26N2O2/c1-2-10-19(9-1)11-3-12-20-16-6-4-15(5-7-16)17-14-18-8-13-21-17/h4-7,17-18H,1-3,8-14H2/t17-/m1/s1. The maximum absolute atomic E-state index is 5.83. The summed E-state index contributed by atoms with van der Waals surface area (Å²) in [6.45, 7) is 7.15. The molecule has 0 bridgehead atoms. The summed E-state index contributed by atoms with van der Waals surface area (Å²) < 4.78 is 11.6. The number of likely N-dealkylation sites (tertiary alicyclic amines) is 1. The van der Waals surface area contributed by atoms with Gasteiger partial charge in [0.05, 0.1) is 19.3 Å². The Morgan fingerprint density at radius 1 is 1.19 bits per heavy atom. The summed E-state index contributed by atoms with van der Waals surface area (Å²) >= 11 is 0. The molecule has 1 aromatic rings. The highest BCUT2D eigenvalue weighted by molar-refractivity contribution is 5.29. The van der Waals surface area contributed by atoms with Gasteiger partial charge in [-0.1, -0.05) is 12.1 Å². The Kier molecular flexibility index (Phi) is 5.49. The molecule has 3 rings (SSSR count). The minimum atomic E-state index is 0.183. The summed E-state index contributed by atoms with van der Waals surface area (Å²) in [5, 5.41) is 3.36. The first kappa shape index (κ1) is 14.8.